The number of nitrogens with zero attached hydrogens (tertiary/aromatic N) is 5. The standard InChI is InChI=1S/C17H18ClF3N6/c18-12-5-1-4-11-13(12)23-16(22)27-15(11)24-14(25-27)10-3-2-7-26(9-10)8-6-17(19,20)21/h1,4-5,10H,2-3,6-9H2,(H2,22,23). The van der Waals surface area contributed by atoms with Crippen molar-refractivity contribution in [3.05, 3.63) is 29.0 Å². The fraction of sp³-hybridized carbons (Fsp3) is 0.471. The number of alkyl halides is 3. The molecule has 0 bridgehead atoms. The first-order chi connectivity index (χ1) is 12.8. The smallest absolute Gasteiger partial charge is 0.368 e. The van der Waals surface area contributed by atoms with Gasteiger partial charge in [0.1, 0.15) is 0 Å². The summed E-state index contributed by atoms with van der Waals surface area (Å²) in [5.74, 6) is 0.710. The summed E-state index contributed by atoms with van der Waals surface area (Å²) in [6.45, 7) is 1.15. The molecular formula is C17H18ClF3N6. The van der Waals surface area contributed by atoms with Gasteiger partial charge in [-0.15, -0.1) is 5.10 Å². The minimum absolute atomic E-state index is 0.00436. The van der Waals surface area contributed by atoms with Gasteiger partial charge in [0.2, 0.25) is 5.95 Å². The fourth-order valence-electron chi connectivity index (χ4n) is 3.56. The number of halogens is 4. The molecule has 0 spiro atoms. The van der Waals surface area contributed by atoms with Crippen LogP contribution in [0.5, 0.6) is 0 Å². The van der Waals surface area contributed by atoms with Gasteiger partial charge in [-0.3, -0.25) is 0 Å². The average Bonchev–Trinajstić information content (AvgIpc) is 3.07. The summed E-state index contributed by atoms with van der Waals surface area (Å²) in [4.78, 5) is 10.8. The van der Waals surface area contributed by atoms with E-state index in [9.17, 15) is 13.2 Å². The predicted octanol–water partition coefficient (Wildman–Crippen LogP) is 3.64. The molecule has 4 rings (SSSR count). The minimum Gasteiger partial charge on any atom is -0.368 e. The van der Waals surface area contributed by atoms with Gasteiger partial charge in [-0.05, 0) is 31.5 Å². The molecule has 1 aromatic carbocycles. The van der Waals surface area contributed by atoms with Crippen molar-refractivity contribution in [2.75, 3.05) is 25.4 Å². The fourth-order valence-corrected chi connectivity index (χ4v) is 3.78. The molecule has 3 aromatic rings. The number of nitrogen functional groups attached to an aromatic ring is 1. The van der Waals surface area contributed by atoms with E-state index in [4.69, 9.17) is 17.3 Å². The Kier molecular flexibility index (Phi) is 4.59. The Hall–Kier alpha value is -2.13. The summed E-state index contributed by atoms with van der Waals surface area (Å²) in [7, 11) is 0. The lowest BCUT2D eigenvalue weighted by Gasteiger charge is -2.31. The maximum absolute atomic E-state index is 12.5. The van der Waals surface area contributed by atoms with E-state index in [1.807, 2.05) is 11.0 Å². The van der Waals surface area contributed by atoms with Crippen LogP contribution in [0, 0.1) is 0 Å². The van der Waals surface area contributed by atoms with Crippen LogP contribution in [0.15, 0.2) is 18.2 Å². The van der Waals surface area contributed by atoms with Crippen molar-refractivity contribution >= 4 is 34.1 Å². The van der Waals surface area contributed by atoms with Gasteiger partial charge in [-0.2, -0.15) is 17.7 Å². The molecule has 1 aliphatic rings. The van der Waals surface area contributed by atoms with E-state index >= 15 is 0 Å². The van der Waals surface area contributed by atoms with Gasteiger partial charge in [0.05, 0.1) is 17.0 Å². The van der Waals surface area contributed by atoms with Crippen molar-refractivity contribution in [1.29, 1.82) is 0 Å². The first-order valence-electron chi connectivity index (χ1n) is 8.71. The van der Waals surface area contributed by atoms with Crippen molar-refractivity contribution in [3.8, 4) is 0 Å². The predicted molar refractivity (Wildman–Crippen MR) is 96.8 cm³/mol. The molecule has 0 radical (unpaired) electrons. The van der Waals surface area contributed by atoms with Crippen molar-refractivity contribution in [2.24, 2.45) is 0 Å². The molecule has 1 fully saturated rings. The molecule has 6 nitrogen and oxygen atoms in total. The van der Waals surface area contributed by atoms with E-state index < -0.39 is 12.6 Å². The largest absolute Gasteiger partial charge is 0.390 e. The molecule has 1 aliphatic heterocycles. The Morgan fingerprint density at radius 3 is 2.85 bits per heavy atom. The molecule has 3 heterocycles. The van der Waals surface area contributed by atoms with E-state index in [0.717, 1.165) is 18.2 Å². The topological polar surface area (TPSA) is 72.3 Å². The second kappa shape index (κ2) is 6.79. The number of para-hydroxylation sites is 1. The van der Waals surface area contributed by atoms with Crippen LogP contribution in [0.25, 0.3) is 16.6 Å². The average molecular weight is 399 g/mol. The molecule has 10 heteroatoms. The number of hydrogen-bond donors (Lipinski definition) is 1. The highest BCUT2D eigenvalue weighted by Crippen LogP contribution is 2.30. The van der Waals surface area contributed by atoms with E-state index in [2.05, 4.69) is 15.1 Å². The molecule has 2 aromatic heterocycles. The van der Waals surface area contributed by atoms with Crippen molar-refractivity contribution < 1.29 is 13.2 Å². The number of hydrogen-bond acceptors (Lipinski definition) is 5. The number of fused-ring (bicyclic) bond motifs is 3. The lowest BCUT2D eigenvalue weighted by molar-refractivity contribution is -0.138. The molecular weight excluding hydrogens is 381 g/mol. The van der Waals surface area contributed by atoms with Crippen LogP contribution in [0.1, 0.15) is 31.0 Å². The molecule has 0 aliphatic carbocycles. The number of piperidine rings is 1. The number of anilines is 1. The highest BCUT2D eigenvalue weighted by atomic mass is 35.5. The van der Waals surface area contributed by atoms with Crippen molar-refractivity contribution in [2.45, 2.75) is 31.4 Å². The van der Waals surface area contributed by atoms with Gasteiger partial charge in [0.15, 0.2) is 11.5 Å². The molecule has 1 saturated heterocycles. The number of aromatic nitrogens is 4. The summed E-state index contributed by atoms with van der Waals surface area (Å²) in [5.41, 5.74) is 7.12. The van der Waals surface area contributed by atoms with E-state index in [1.165, 1.54) is 4.52 Å². The van der Waals surface area contributed by atoms with E-state index in [-0.39, 0.29) is 18.4 Å². The lowest BCUT2D eigenvalue weighted by atomic mass is 9.97. The van der Waals surface area contributed by atoms with E-state index in [1.54, 1.807) is 12.1 Å². The molecule has 1 atom stereocenters. The molecule has 0 amide bonds. The number of nitrogens with two attached hydrogens (primary N) is 1. The molecule has 1 unspecified atom stereocenters. The Morgan fingerprint density at radius 1 is 1.26 bits per heavy atom. The Balaban J connectivity index is 1.65. The highest BCUT2D eigenvalue weighted by molar-refractivity contribution is 6.35. The van der Waals surface area contributed by atoms with Crippen molar-refractivity contribution in [3.63, 3.8) is 0 Å². The zero-order valence-electron chi connectivity index (χ0n) is 14.4. The second-order valence-electron chi connectivity index (χ2n) is 6.82. The van der Waals surface area contributed by atoms with Gasteiger partial charge in [0, 0.05) is 24.4 Å². The van der Waals surface area contributed by atoms with Crippen LogP contribution in [0.4, 0.5) is 19.1 Å². The number of likely N-dealkylation sites (tertiary alicyclic amines) is 1. The first kappa shape index (κ1) is 18.2. The summed E-state index contributed by atoms with van der Waals surface area (Å²) < 4.78 is 39.0. The Bertz CT molecular complexity index is 986. The SMILES string of the molecule is Nc1nc2c(Cl)cccc2c2nc(C3CCCN(CCC(F)(F)F)C3)nn12. The molecule has 144 valence electrons. The van der Waals surface area contributed by atoms with Crippen LogP contribution in [-0.2, 0) is 0 Å². The summed E-state index contributed by atoms with van der Waals surface area (Å²) in [6, 6.07) is 5.37. The van der Waals surface area contributed by atoms with Gasteiger partial charge in [0.25, 0.3) is 0 Å². The van der Waals surface area contributed by atoms with Crippen LogP contribution < -0.4 is 5.73 Å². The van der Waals surface area contributed by atoms with Gasteiger partial charge < -0.3 is 10.6 Å². The quantitative estimate of drug-likeness (QED) is 0.729. The lowest BCUT2D eigenvalue weighted by Crippen LogP contribution is -2.37. The van der Waals surface area contributed by atoms with Crippen LogP contribution in [-0.4, -0.2) is 50.3 Å². The van der Waals surface area contributed by atoms with Crippen LogP contribution in [0.2, 0.25) is 5.02 Å². The summed E-state index contributed by atoms with van der Waals surface area (Å²) in [6.07, 6.45) is -3.32. The molecule has 0 saturated carbocycles. The third-order valence-corrected chi connectivity index (χ3v) is 5.18. The molecule has 2 N–H and O–H groups in total. The summed E-state index contributed by atoms with van der Waals surface area (Å²) in [5, 5.41) is 5.70. The zero-order valence-corrected chi connectivity index (χ0v) is 15.1. The monoisotopic (exact) mass is 398 g/mol. The highest BCUT2D eigenvalue weighted by Gasteiger charge is 2.31. The second-order valence-corrected chi connectivity index (χ2v) is 7.22. The van der Waals surface area contributed by atoms with Gasteiger partial charge in [-0.1, -0.05) is 17.7 Å². The maximum Gasteiger partial charge on any atom is 0.390 e. The molecule has 27 heavy (non-hydrogen) atoms. The van der Waals surface area contributed by atoms with Crippen LogP contribution in [0.3, 0.4) is 0 Å². The summed E-state index contributed by atoms with van der Waals surface area (Å²) >= 11 is 6.20. The third kappa shape index (κ3) is 3.66. The number of benzene rings is 1. The van der Waals surface area contributed by atoms with E-state index in [0.29, 0.717) is 35.1 Å². The van der Waals surface area contributed by atoms with Crippen LogP contribution >= 0.6 is 11.6 Å². The zero-order chi connectivity index (χ0) is 19.2. The normalized spacial score (nSPS) is 19.2. The first-order valence-corrected chi connectivity index (χ1v) is 9.09. The third-order valence-electron chi connectivity index (χ3n) is 4.88. The maximum atomic E-state index is 12.5. The number of rotatable bonds is 3. The Morgan fingerprint density at radius 2 is 2.07 bits per heavy atom. The van der Waals surface area contributed by atoms with Gasteiger partial charge >= 0.3 is 6.18 Å². The van der Waals surface area contributed by atoms with Gasteiger partial charge in [-0.25, -0.2) is 9.97 Å². The minimum atomic E-state index is -4.15. The Labute approximate surface area is 158 Å². The van der Waals surface area contributed by atoms with Crippen molar-refractivity contribution in [1.82, 2.24) is 24.5 Å².